The van der Waals surface area contributed by atoms with Crippen molar-refractivity contribution >= 4 is 11.8 Å². The number of nitrogens with zero attached hydrogens (tertiary/aromatic N) is 3. The zero-order chi connectivity index (χ0) is 23.5. The number of ether oxygens (including phenoxy) is 1. The van der Waals surface area contributed by atoms with Crippen molar-refractivity contribution in [1.29, 1.82) is 0 Å². The minimum absolute atomic E-state index is 0.0277. The van der Waals surface area contributed by atoms with Crippen LogP contribution in [0.15, 0.2) is 67.0 Å². The number of carbonyl (C=O) groups is 2. The quantitative estimate of drug-likeness (QED) is 0.637. The van der Waals surface area contributed by atoms with Crippen LogP contribution < -0.4 is 5.32 Å². The Bertz CT molecular complexity index is 1170. The van der Waals surface area contributed by atoms with E-state index in [9.17, 15) is 9.59 Å². The molecule has 1 unspecified atom stereocenters. The predicted molar refractivity (Wildman–Crippen MR) is 128 cm³/mol. The molecule has 2 aliphatic heterocycles. The van der Waals surface area contributed by atoms with Crippen LogP contribution in [-0.4, -0.2) is 45.7 Å². The van der Waals surface area contributed by atoms with Crippen molar-refractivity contribution in [3.63, 3.8) is 0 Å². The van der Waals surface area contributed by atoms with Gasteiger partial charge in [0, 0.05) is 44.0 Å². The van der Waals surface area contributed by atoms with Crippen LogP contribution in [0.5, 0.6) is 0 Å². The Morgan fingerprint density at radius 3 is 2.56 bits per heavy atom. The lowest BCUT2D eigenvalue weighted by Crippen LogP contribution is -2.50. The number of benzene rings is 2. The highest BCUT2D eigenvalue weighted by Crippen LogP contribution is 2.44. The summed E-state index contributed by atoms with van der Waals surface area (Å²) < 4.78 is 8.41. The minimum atomic E-state index is -0.462. The third-order valence-electron chi connectivity index (χ3n) is 6.89. The number of aromatic nitrogens is 2. The first-order valence-corrected chi connectivity index (χ1v) is 11.9. The Morgan fingerprint density at radius 1 is 1.09 bits per heavy atom. The van der Waals surface area contributed by atoms with Gasteiger partial charge in [-0.05, 0) is 42.5 Å². The van der Waals surface area contributed by atoms with Gasteiger partial charge in [0.25, 0.3) is 5.91 Å². The molecule has 1 fully saturated rings. The van der Waals surface area contributed by atoms with Gasteiger partial charge in [-0.15, -0.1) is 0 Å². The molecule has 2 amide bonds. The number of nitrogens with one attached hydrogen (secondary N) is 1. The molecule has 7 nitrogen and oxygen atoms in total. The van der Waals surface area contributed by atoms with Crippen molar-refractivity contribution in [2.45, 2.75) is 43.9 Å². The monoisotopic (exact) mass is 458 g/mol. The molecule has 5 rings (SSSR count). The fourth-order valence-corrected chi connectivity index (χ4v) is 5.19. The molecule has 0 saturated carbocycles. The molecular formula is C27H30N4O3. The van der Waals surface area contributed by atoms with Gasteiger partial charge in [0.15, 0.2) is 0 Å². The first kappa shape index (κ1) is 22.3. The van der Waals surface area contributed by atoms with Gasteiger partial charge in [0.05, 0.1) is 24.3 Å². The van der Waals surface area contributed by atoms with Gasteiger partial charge in [-0.2, -0.15) is 5.10 Å². The average molecular weight is 459 g/mol. The van der Waals surface area contributed by atoms with Crippen molar-refractivity contribution < 1.29 is 14.3 Å². The van der Waals surface area contributed by atoms with Gasteiger partial charge >= 0.3 is 0 Å². The molecule has 0 bridgehead atoms. The number of hydrogen-bond acceptors (Lipinski definition) is 4. The van der Waals surface area contributed by atoms with Crippen molar-refractivity contribution in [2.24, 2.45) is 7.05 Å². The molecule has 1 spiro atoms. The van der Waals surface area contributed by atoms with Gasteiger partial charge in [0.1, 0.15) is 0 Å². The lowest BCUT2D eigenvalue weighted by atomic mass is 9.77. The fraction of sp³-hybridized carbons (Fsp3) is 0.370. The second kappa shape index (κ2) is 9.43. The van der Waals surface area contributed by atoms with Crippen molar-refractivity contribution in [3.8, 4) is 0 Å². The second-order valence-corrected chi connectivity index (χ2v) is 9.26. The van der Waals surface area contributed by atoms with Crippen LogP contribution >= 0.6 is 0 Å². The van der Waals surface area contributed by atoms with E-state index in [0.29, 0.717) is 38.0 Å². The van der Waals surface area contributed by atoms with E-state index in [0.717, 1.165) is 18.4 Å². The number of likely N-dealkylation sites (tertiary alicyclic amines) is 1. The highest BCUT2D eigenvalue weighted by molar-refractivity contribution is 5.94. The Morgan fingerprint density at radius 2 is 1.82 bits per heavy atom. The number of rotatable bonds is 5. The molecule has 7 heteroatoms. The van der Waals surface area contributed by atoms with Crippen LogP contribution in [-0.2, 0) is 35.1 Å². The Hall–Kier alpha value is -3.45. The molecule has 1 saturated heterocycles. The van der Waals surface area contributed by atoms with Crippen molar-refractivity contribution in [1.82, 2.24) is 20.0 Å². The maximum atomic E-state index is 12.9. The first-order valence-electron chi connectivity index (χ1n) is 11.9. The molecule has 0 aliphatic carbocycles. The summed E-state index contributed by atoms with van der Waals surface area (Å²) in [6.07, 6.45) is 5.92. The smallest absolute Gasteiger partial charge is 0.253 e. The lowest BCUT2D eigenvalue weighted by molar-refractivity contribution is -0.147. The molecule has 2 aliphatic rings. The second-order valence-electron chi connectivity index (χ2n) is 9.26. The highest BCUT2D eigenvalue weighted by Gasteiger charge is 2.44. The summed E-state index contributed by atoms with van der Waals surface area (Å²) in [7, 11) is 1.86. The summed E-state index contributed by atoms with van der Waals surface area (Å²) in [5.74, 6) is 0.0333. The summed E-state index contributed by atoms with van der Waals surface area (Å²) >= 11 is 0. The van der Waals surface area contributed by atoms with E-state index >= 15 is 0 Å². The summed E-state index contributed by atoms with van der Waals surface area (Å²) in [6.45, 7) is 1.71. The maximum Gasteiger partial charge on any atom is 0.253 e. The molecular weight excluding hydrogens is 428 g/mol. The summed E-state index contributed by atoms with van der Waals surface area (Å²) in [5.41, 5.74) is 3.66. The number of carbonyl (C=O) groups excluding carboxylic acids is 2. The van der Waals surface area contributed by atoms with Crippen LogP contribution in [0.4, 0.5) is 0 Å². The van der Waals surface area contributed by atoms with E-state index < -0.39 is 5.60 Å². The Kier molecular flexibility index (Phi) is 6.20. The summed E-state index contributed by atoms with van der Waals surface area (Å²) in [5, 5.41) is 7.13. The molecule has 176 valence electrons. The number of fused-ring (bicyclic) bond motifs is 2. The standard InChI is InChI=1S/C27H30N4O3/c1-30-19-20(18-29-30)17-28-25(32)16-23-15-22-9-5-6-10-24(22)27(34-23)11-13-31(14-12-27)26(33)21-7-3-2-4-8-21/h2-10,18-19,23H,11-17H2,1H3,(H,28,32). The SMILES string of the molecule is Cn1cc(CNC(=O)CC2Cc3ccccc3C3(CCN(C(=O)c4ccccc4)CC3)O2)cn1. The fourth-order valence-electron chi connectivity index (χ4n) is 5.19. The molecule has 34 heavy (non-hydrogen) atoms. The molecule has 1 atom stereocenters. The normalized spacial score (nSPS) is 19.0. The maximum absolute atomic E-state index is 12.9. The predicted octanol–water partition coefficient (Wildman–Crippen LogP) is 3.20. The Balaban J connectivity index is 1.26. The Labute approximate surface area is 199 Å². The van der Waals surface area contributed by atoms with Crippen LogP contribution in [0.3, 0.4) is 0 Å². The summed E-state index contributed by atoms with van der Waals surface area (Å²) in [6, 6.07) is 17.8. The first-order chi connectivity index (χ1) is 16.5. The summed E-state index contributed by atoms with van der Waals surface area (Å²) in [4.78, 5) is 27.6. The molecule has 2 aromatic carbocycles. The van der Waals surface area contributed by atoms with E-state index in [-0.39, 0.29) is 17.9 Å². The zero-order valence-corrected chi connectivity index (χ0v) is 19.4. The number of amides is 2. The molecule has 3 heterocycles. The third-order valence-corrected chi connectivity index (χ3v) is 6.89. The molecule has 1 aromatic heterocycles. The minimum Gasteiger partial charge on any atom is -0.366 e. The van der Waals surface area contributed by atoms with E-state index in [2.05, 4.69) is 22.5 Å². The van der Waals surface area contributed by atoms with E-state index in [1.165, 1.54) is 11.1 Å². The molecule has 0 radical (unpaired) electrons. The van der Waals surface area contributed by atoms with E-state index in [4.69, 9.17) is 4.74 Å². The van der Waals surface area contributed by atoms with Crippen LogP contribution in [0.1, 0.15) is 46.3 Å². The van der Waals surface area contributed by atoms with E-state index in [1.807, 2.05) is 60.6 Å². The zero-order valence-electron chi connectivity index (χ0n) is 19.4. The number of aryl methyl sites for hydroxylation is 1. The number of piperidine rings is 1. The highest BCUT2D eigenvalue weighted by atomic mass is 16.5. The number of hydrogen-bond donors (Lipinski definition) is 1. The molecule has 1 N–H and O–H groups in total. The van der Waals surface area contributed by atoms with Crippen molar-refractivity contribution in [2.75, 3.05) is 13.1 Å². The van der Waals surface area contributed by atoms with E-state index in [1.54, 1.807) is 10.9 Å². The van der Waals surface area contributed by atoms with Crippen LogP contribution in [0.25, 0.3) is 0 Å². The third kappa shape index (κ3) is 4.61. The van der Waals surface area contributed by atoms with Gasteiger partial charge in [0.2, 0.25) is 5.91 Å². The van der Waals surface area contributed by atoms with Gasteiger partial charge in [-0.25, -0.2) is 0 Å². The molecule has 3 aromatic rings. The van der Waals surface area contributed by atoms with Gasteiger partial charge in [-0.1, -0.05) is 42.5 Å². The van der Waals surface area contributed by atoms with Crippen LogP contribution in [0.2, 0.25) is 0 Å². The average Bonchev–Trinajstić information content (AvgIpc) is 3.28. The van der Waals surface area contributed by atoms with Gasteiger partial charge in [-0.3, -0.25) is 14.3 Å². The van der Waals surface area contributed by atoms with Gasteiger partial charge < -0.3 is 15.0 Å². The van der Waals surface area contributed by atoms with Crippen molar-refractivity contribution in [3.05, 3.63) is 89.2 Å². The lowest BCUT2D eigenvalue weighted by Gasteiger charge is -2.47. The largest absolute Gasteiger partial charge is 0.366 e. The topological polar surface area (TPSA) is 76.5 Å². The van der Waals surface area contributed by atoms with Crippen LogP contribution in [0, 0.1) is 0 Å².